The summed E-state index contributed by atoms with van der Waals surface area (Å²) in [4.78, 5) is 23.4. The van der Waals surface area contributed by atoms with Crippen molar-refractivity contribution in [2.45, 2.75) is 19.3 Å². The number of esters is 1. The number of hydrogen-bond donors (Lipinski definition) is 1. The van der Waals surface area contributed by atoms with Crippen LogP contribution in [0.25, 0.3) is 0 Å². The van der Waals surface area contributed by atoms with Crippen molar-refractivity contribution in [1.82, 2.24) is 5.32 Å². The Morgan fingerprint density at radius 1 is 1.00 bits per heavy atom. The van der Waals surface area contributed by atoms with Gasteiger partial charge < -0.3 is 10.1 Å². The largest absolute Gasteiger partial charge is 0.456 e. The van der Waals surface area contributed by atoms with Crippen LogP contribution in [0.1, 0.15) is 17.5 Å². The highest BCUT2D eigenvalue weighted by molar-refractivity contribution is 6.35. The molecule has 132 valence electrons. The molecule has 6 heteroatoms. The Balaban J connectivity index is 1.62. The van der Waals surface area contributed by atoms with Crippen molar-refractivity contribution < 1.29 is 14.3 Å². The molecule has 0 aromatic heterocycles. The summed E-state index contributed by atoms with van der Waals surface area (Å²) in [5, 5.41) is 3.83. The second kappa shape index (κ2) is 10.1. The van der Waals surface area contributed by atoms with Gasteiger partial charge in [0.1, 0.15) is 0 Å². The lowest BCUT2D eigenvalue weighted by Gasteiger charge is -2.08. The van der Waals surface area contributed by atoms with E-state index in [1.165, 1.54) is 0 Å². The topological polar surface area (TPSA) is 55.4 Å². The summed E-state index contributed by atoms with van der Waals surface area (Å²) in [6.07, 6.45) is 1.41. The Kier molecular flexibility index (Phi) is 7.76. The van der Waals surface area contributed by atoms with E-state index in [2.05, 4.69) is 5.32 Å². The Morgan fingerprint density at radius 2 is 1.76 bits per heavy atom. The summed E-state index contributed by atoms with van der Waals surface area (Å²) >= 11 is 11.9. The maximum absolute atomic E-state index is 11.7. The Bertz CT molecular complexity index is 720. The van der Waals surface area contributed by atoms with Crippen molar-refractivity contribution in [2.24, 2.45) is 0 Å². The molecule has 0 unspecified atom stereocenters. The molecule has 0 saturated heterocycles. The normalized spacial score (nSPS) is 10.3. The van der Waals surface area contributed by atoms with Gasteiger partial charge in [-0.2, -0.15) is 0 Å². The lowest BCUT2D eigenvalue weighted by molar-refractivity contribution is -0.148. The number of carbonyl (C=O) groups excluding carboxylic acids is 2. The summed E-state index contributed by atoms with van der Waals surface area (Å²) < 4.78 is 4.97. The molecule has 0 radical (unpaired) electrons. The predicted octanol–water partition coefficient (Wildman–Crippen LogP) is 3.83. The molecule has 0 aliphatic heterocycles. The first-order valence-corrected chi connectivity index (χ1v) is 8.70. The zero-order valence-corrected chi connectivity index (χ0v) is 15.1. The average Bonchev–Trinajstić information content (AvgIpc) is 2.61. The molecule has 1 amide bonds. The Labute approximate surface area is 157 Å². The van der Waals surface area contributed by atoms with Gasteiger partial charge in [0.05, 0.1) is 0 Å². The van der Waals surface area contributed by atoms with E-state index in [-0.39, 0.29) is 24.9 Å². The van der Waals surface area contributed by atoms with E-state index in [0.29, 0.717) is 29.4 Å². The van der Waals surface area contributed by atoms with E-state index in [4.69, 9.17) is 27.9 Å². The highest BCUT2D eigenvalue weighted by Gasteiger charge is 2.08. The quantitative estimate of drug-likeness (QED) is 0.709. The summed E-state index contributed by atoms with van der Waals surface area (Å²) in [5.74, 6) is -0.724. The van der Waals surface area contributed by atoms with Crippen LogP contribution in [0.15, 0.2) is 48.5 Å². The first-order chi connectivity index (χ1) is 12.0. The fourth-order valence-corrected chi connectivity index (χ4v) is 2.72. The third kappa shape index (κ3) is 7.16. The molecule has 2 aromatic carbocycles. The van der Waals surface area contributed by atoms with Crippen molar-refractivity contribution in [3.8, 4) is 0 Å². The Morgan fingerprint density at radius 3 is 2.48 bits per heavy atom. The van der Waals surface area contributed by atoms with Crippen LogP contribution in [0, 0.1) is 0 Å². The minimum absolute atomic E-state index is 0.248. The number of carbonyl (C=O) groups is 2. The second-order valence-corrected chi connectivity index (χ2v) is 6.33. The number of amides is 1. The molecule has 25 heavy (non-hydrogen) atoms. The molecule has 0 atom stereocenters. The summed E-state index contributed by atoms with van der Waals surface area (Å²) in [7, 11) is 0. The molecular formula is C19H19Cl2NO3. The van der Waals surface area contributed by atoms with Crippen molar-refractivity contribution in [3.63, 3.8) is 0 Å². The van der Waals surface area contributed by atoms with Crippen molar-refractivity contribution in [1.29, 1.82) is 0 Å². The number of rotatable bonds is 8. The SMILES string of the molecule is O=C(COC(=O)CCc1ccccc1)NCCc1ccc(Cl)cc1Cl. The van der Waals surface area contributed by atoms with Gasteiger partial charge in [-0.3, -0.25) is 9.59 Å². The first-order valence-electron chi connectivity index (χ1n) is 7.95. The molecular weight excluding hydrogens is 361 g/mol. The van der Waals surface area contributed by atoms with E-state index < -0.39 is 0 Å². The molecule has 0 bridgehead atoms. The number of aryl methyl sites for hydroxylation is 1. The molecule has 0 aliphatic rings. The van der Waals surface area contributed by atoms with Crippen LogP contribution in [0.2, 0.25) is 10.0 Å². The number of halogens is 2. The van der Waals surface area contributed by atoms with Gasteiger partial charge in [0, 0.05) is 23.0 Å². The lowest BCUT2D eigenvalue weighted by atomic mass is 10.1. The van der Waals surface area contributed by atoms with Crippen molar-refractivity contribution in [3.05, 3.63) is 69.7 Å². The third-order valence-corrected chi connectivity index (χ3v) is 4.14. The molecule has 1 N–H and O–H groups in total. The van der Waals surface area contributed by atoms with Crippen molar-refractivity contribution >= 4 is 35.1 Å². The number of hydrogen-bond acceptors (Lipinski definition) is 3. The number of ether oxygens (including phenoxy) is 1. The van der Waals surface area contributed by atoms with Gasteiger partial charge in [0.2, 0.25) is 0 Å². The zero-order chi connectivity index (χ0) is 18.1. The average molecular weight is 380 g/mol. The standard InChI is InChI=1S/C19H19Cl2NO3/c20-16-8-7-15(17(21)12-16)10-11-22-18(23)13-25-19(24)9-6-14-4-2-1-3-5-14/h1-5,7-8,12H,6,9-11,13H2,(H,22,23). The van der Waals surface area contributed by atoms with E-state index in [1.807, 2.05) is 36.4 Å². The maximum atomic E-state index is 11.7. The zero-order valence-electron chi connectivity index (χ0n) is 13.6. The molecule has 0 spiro atoms. The molecule has 2 aromatic rings. The van der Waals surface area contributed by atoms with E-state index >= 15 is 0 Å². The van der Waals surface area contributed by atoms with E-state index in [9.17, 15) is 9.59 Å². The van der Waals surface area contributed by atoms with E-state index in [0.717, 1.165) is 11.1 Å². The monoisotopic (exact) mass is 379 g/mol. The van der Waals surface area contributed by atoms with Gasteiger partial charge in [-0.15, -0.1) is 0 Å². The van der Waals surface area contributed by atoms with Gasteiger partial charge in [0.15, 0.2) is 6.61 Å². The highest BCUT2D eigenvalue weighted by Crippen LogP contribution is 2.20. The predicted molar refractivity (Wildman–Crippen MR) is 98.9 cm³/mol. The van der Waals surface area contributed by atoms with E-state index in [1.54, 1.807) is 12.1 Å². The summed E-state index contributed by atoms with van der Waals surface area (Å²) in [6, 6.07) is 14.9. The van der Waals surface area contributed by atoms with Gasteiger partial charge >= 0.3 is 5.97 Å². The van der Waals surface area contributed by atoms with Gasteiger partial charge in [-0.25, -0.2) is 0 Å². The third-order valence-electron chi connectivity index (χ3n) is 3.56. The van der Waals surface area contributed by atoms with Crippen molar-refractivity contribution in [2.75, 3.05) is 13.2 Å². The van der Waals surface area contributed by atoms with Gasteiger partial charge in [0.25, 0.3) is 5.91 Å². The smallest absolute Gasteiger partial charge is 0.306 e. The number of benzene rings is 2. The lowest BCUT2D eigenvalue weighted by Crippen LogP contribution is -2.30. The molecule has 0 saturated carbocycles. The first kappa shape index (κ1) is 19.3. The molecule has 4 nitrogen and oxygen atoms in total. The number of nitrogens with one attached hydrogen (secondary N) is 1. The molecule has 0 heterocycles. The molecule has 0 fully saturated rings. The maximum Gasteiger partial charge on any atom is 0.306 e. The van der Waals surface area contributed by atoms with Crippen LogP contribution < -0.4 is 5.32 Å². The second-order valence-electron chi connectivity index (χ2n) is 5.48. The van der Waals surface area contributed by atoms with Crippen LogP contribution in [0.4, 0.5) is 0 Å². The van der Waals surface area contributed by atoms with Crippen LogP contribution in [-0.2, 0) is 27.2 Å². The fourth-order valence-electron chi connectivity index (χ4n) is 2.22. The fraction of sp³-hybridized carbons (Fsp3) is 0.263. The van der Waals surface area contributed by atoms with Crippen LogP contribution in [0.3, 0.4) is 0 Å². The highest BCUT2D eigenvalue weighted by atomic mass is 35.5. The Hall–Kier alpha value is -2.04. The minimum Gasteiger partial charge on any atom is -0.456 e. The minimum atomic E-state index is -0.389. The van der Waals surface area contributed by atoms with Crippen LogP contribution >= 0.6 is 23.2 Å². The van der Waals surface area contributed by atoms with Crippen LogP contribution in [0.5, 0.6) is 0 Å². The summed E-state index contributed by atoms with van der Waals surface area (Å²) in [5.41, 5.74) is 1.95. The summed E-state index contributed by atoms with van der Waals surface area (Å²) in [6.45, 7) is 0.129. The van der Waals surface area contributed by atoms with Gasteiger partial charge in [-0.05, 0) is 36.1 Å². The van der Waals surface area contributed by atoms with Crippen LogP contribution in [-0.4, -0.2) is 25.0 Å². The van der Waals surface area contributed by atoms with Gasteiger partial charge in [-0.1, -0.05) is 59.6 Å². The molecule has 2 rings (SSSR count). The molecule has 0 aliphatic carbocycles.